The van der Waals surface area contributed by atoms with E-state index in [9.17, 15) is 4.79 Å². The molecule has 0 aliphatic rings. The minimum atomic E-state index is -0.968. The van der Waals surface area contributed by atoms with E-state index >= 15 is 0 Å². The number of rotatable bonds is 3. The maximum absolute atomic E-state index is 10.9. The summed E-state index contributed by atoms with van der Waals surface area (Å²) in [5, 5.41) is 19.9. The number of nitrogens with zero attached hydrogens (tertiary/aromatic N) is 4. The molecule has 6 heteroatoms. The summed E-state index contributed by atoms with van der Waals surface area (Å²) in [5.41, 5.74) is 0.792. The molecule has 1 heterocycles. The number of hydrogen-bond acceptors (Lipinski definition) is 4. The first-order valence-corrected chi connectivity index (χ1v) is 4.76. The van der Waals surface area contributed by atoms with Gasteiger partial charge in [-0.2, -0.15) is 0 Å². The van der Waals surface area contributed by atoms with Gasteiger partial charge in [0.2, 0.25) is 0 Å². The van der Waals surface area contributed by atoms with Crippen molar-refractivity contribution in [2.24, 2.45) is 0 Å². The summed E-state index contributed by atoms with van der Waals surface area (Å²) in [5.74, 6) is -0.514. The van der Waals surface area contributed by atoms with Crippen LogP contribution in [0.1, 0.15) is 13.0 Å². The van der Waals surface area contributed by atoms with Crippen LogP contribution < -0.4 is 0 Å². The Morgan fingerprint density at radius 3 is 2.69 bits per heavy atom. The Morgan fingerprint density at radius 1 is 1.38 bits per heavy atom. The molecule has 1 aromatic heterocycles. The predicted molar refractivity (Wildman–Crippen MR) is 55.6 cm³/mol. The smallest absolute Gasteiger partial charge is 0.328 e. The lowest BCUT2D eigenvalue weighted by Gasteiger charge is -2.08. The summed E-state index contributed by atoms with van der Waals surface area (Å²) >= 11 is 0. The number of aliphatic carboxylic acids is 1. The van der Waals surface area contributed by atoms with Gasteiger partial charge in [-0.1, -0.05) is 30.3 Å². The molecule has 0 aliphatic heterocycles. The van der Waals surface area contributed by atoms with E-state index in [4.69, 9.17) is 5.11 Å². The van der Waals surface area contributed by atoms with Gasteiger partial charge in [-0.25, -0.2) is 9.48 Å². The number of carboxylic acid groups (broad SMARTS) is 1. The molecule has 0 bridgehead atoms. The summed E-state index contributed by atoms with van der Waals surface area (Å²) in [6, 6.07) is 8.44. The van der Waals surface area contributed by atoms with Crippen molar-refractivity contribution < 1.29 is 9.90 Å². The van der Waals surface area contributed by atoms with Crippen LogP contribution in [0.5, 0.6) is 0 Å². The van der Waals surface area contributed by atoms with Crippen LogP contribution in [0.4, 0.5) is 0 Å². The van der Waals surface area contributed by atoms with Crippen LogP contribution in [0.25, 0.3) is 11.4 Å². The van der Waals surface area contributed by atoms with E-state index in [-0.39, 0.29) is 0 Å². The fourth-order valence-electron chi connectivity index (χ4n) is 1.34. The highest BCUT2D eigenvalue weighted by Crippen LogP contribution is 2.18. The lowest BCUT2D eigenvalue weighted by atomic mass is 10.2. The van der Waals surface area contributed by atoms with Crippen LogP contribution in [0.3, 0.4) is 0 Å². The first-order chi connectivity index (χ1) is 7.70. The number of benzene rings is 1. The minimum absolute atomic E-state index is 0.454. The summed E-state index contributed by atoms with van der Waals surface area (Å²) in [6.07, 6.45) is 0. The predicted octanol–water partition coefficient (Wildman–Crippen LogP) is 0.986. The SMILES string of the molecule is CC(C(=O)O)n1nnnc1-c1ccccc1. The Balaban J connectivity index is 2.44. The Labute approximate surface area is 91.5 Å². The molecule has 1 atom stereocenters. The first-order valence-electron chi connectivity index (χ1n) is 4.76. The van der Waals surface area contributed by atoms with E-state index in [0.717, 1.165) is 5.56 Å². The number of carboxylic acids is 1. The van der Waals surface area contributed by atoms with Crippen molar-refractivity contribution >= 4 is 5.97 Å². The Kier molecular flexibility index (Phi) is 2.63. The van der Waals surface area contributed by atoms with Gasteiger partial charge in [0.25, 0.3) is 0 Å². The van der Waals surface area contributed by atoms with E-state index in [0.29, 0.717) is 5.82 Å². The summed E-state index contributed by atoms with van der Waals surface area (Å²) in [4.78, 5) is 10.9. The lowest BCUT2D eigenvalue weighted by Crippen LogP contribution is -2.18. The van der Waals surface area contributed by atoms with E-state index in [1.165, 1.54) is 11.6 Å². The van der Waals surface area contributed by atoms with Gasteiger partial charge in [0.15, 0.2) is 11.9 Å². The van der Waals surface area contributed by atoms with Crippen molar-refractivity contribution in [2.75, 3.05) is 0 Å². The fraction of sp³-hybridized carbons (Fsp3) is 0.200. The average molecular weight is 218 g/mol. The van der Waals surface area contributed by atoms with Crippen LogP contribution in [-0.2, 0) is 4.79 Å². The van der Waals surface area contributed by atoms with E-state index in [1.54, 1.807) is 0 Å². The van der Waals surface area contributed by atoms with E-state index < -0.39 is 12.0 Å². The molecule has 0 saturated carbocycles. The van der Waals surface area contributed by atoms with Crippen molar-refractivity contribution in [3.8, 4) is 11.4 Å². The Bertz CT molecular complexity index is 495. The van der Waals surface area contributed by atoms with Gasteiger partial charge in [0.05, 0.1) is 0 Å². The second-order valence-electron chi connectivity index (χ2n) is 3.33. The van der Waals surface area contributed by atoms with Crippen molar-refractivity contribution in [3.63, 3.8) is 0 Å². The average Bonchev–Trinajstić information content (AvgIpc) is 2.77. The van der Waals surface area contributed by atoms with Gasteiger partial charge in [-0.05, 0) is 17.4 Å². The molecule has 1 N–H and O–H groups in total. The Morgan fingerprint density at radius 2 is 2.06 bits per heavy atom. The summed E-state index contributed by atoms with van der Waals surface area (Å²) in [7, 11) is 0. The Hall–Kier alpha value is -2.24. The van der Waals surface area contributed by atoms with Crippen LogP contribution in [0.2, 0.25) is 0 Å². The highest BCUT2D eigenvalue weighted by Gasteiger charge is 2.19. The molecule has 82 valence electrons. The maximum Gasteiger partial charge on any atom is 0.328 e. The summed E-state index contributed by atoms with van der Waals surface area (Å²) < 4.78 is 1.29. The maximum atomic E-state index is 10.9. The molecule has 6 nitrogen and oxygen atoms in total. The number of hydrogen-bond donors (Lipinski definition) is 1. The molecule has 0 radical (unpaired) electrons. The zero-order valence-electron chi connectivity index (χ0n) is 8.61. The molecular weight excluding hydrogens is 208 g/mol. The number of aromatic nitrogens is 4. The number of carbonyl (C=O) groups is 1. The van der Waals surface area contributed by atoms with Crippen molar-refractivity contribution in [3.05, 3.63) is 30.3 Å². The van der Waals surface area contributed by atoms with Gasteiger partial charge in [-0.3, -0.25) is 0 Å². The molecular formula is C10H10N4O2. The quantitative estimate of drug-likeness (QED) is 0.830. The molecule has 0 aliphatic carbocycles. The molecule has 2 rings (SSSR count). The third-order valence-electron chi connectivity index (χ3n) is 2.25. The number of tetrazole rings is 1. The highest BCUT2D eigenvalue weighted by atomic mass is 16.4. The monoisotopic (exact) mass is 218 g/mol. The fourth-order valence-corrected chi connectivity index (χ4v) is 1.34. The van der Waals surface area contributed by atoms with Crippen LogP contribution in [0.15, 0.2) is 30.3 Å². The zero-order chi connectivity index (χ0) is 11.5. The van der Waals surface area contributed by atoms with Crippen molar-refractivity contribution in [1.29, 1.82) is 0 Å². The standard InChI is InChI=1S/C10H10N4O2/c1-7(10(15)16)14-9(11-12-13-14)8-5-3-2-4-6-8/h2-7H,1H3,(H,15,16). The molecule has 0 amide bonds. The van der Waals surface area contributed by atoms with E-state index in [2.05, 4.69) is 15.5 Å². The topological polar surface area (TPSA) is 80.9 Å². The molecule has 2 aromatic rings. The second-order valence-corrected chi connectivity index (χ2v) is 3.33. The highest BCUT2D eigenvalue weighted by molar-refractivity contribution is 5.72. The molecule has 0 saturated heterocycles. The molecule has 0 fully saturated rings. The van der Waals surface area contributed by atoms with Gasteiger partial charge < -0.3 is 5.11 Å². The first kappa shape index (κ1) is 10.3. The van der Waals surface area contributed by atoms with Gasteiger partial charge in [0.1, 0.15) is 0 Å². The van der Waals surface area contributed by atoms with Crippen LogP contribution >= 0.6 is 0 Å². The molecule has 0 spiro atoms. The van der Waals surface area contributed by atoms with E-state index in [1.807, 2.05) is 30.3 Å². The van der Waals surface area contributed by atoms with Crippen LogP contribution in [0, 0.1) is 0 Å². The van der Waals surface area contributed by atoms with Gasteiger partial charge in [-0.15, -0.1) is 5.10 Å². The molecule has 1 aromatic carbocycles. The normalized spacial score (nSPS) is 12.3. The van der Waals surface area contributed by atoms with Crippen molar-refractivity contribution in [2.45, 2.75) is 13.0 Å². The summed E-state index contributed by atoms with van der Waals surface area (Å²) in [6.45, 7) is 1.53. The minimum Gasteiger partial charge on any atom is -0.480 e. The lowest BCUT2D eigenvalue weighted by molar-refractivity contribution is -0.140. The second kappa shape index (κ2) is 4.09. The third kappa shape index (κ3) is 1.77. The van der Waals surface area contributed by atoms with Gasteiger partial charge in [0, 0.05) is 5.56 Å². The van der Waals surface area contributed by atoms with Crippen molar-refractivity contribution in [1.82, 2.24) is 20.2 Å². The molecule has 16 heavy (non-hydrogen) atoms. The third-order valence-corrected chi connectivity index (χ3v) is 2.25. The van der Waals surface area contributed by atoms with Gasteiger partial charge >= 0.3 is 5.97 Å². The zero-order valence-corrected chi connectivity index (χ0v) is 8.61. The largest absolute Gasteiger partial charge is 0.480 e. The van der Waals surface area contributed by atoms with Crippen LogP contribution in [-0.4, -0.2) is 31.3 Å². The molecule has 1 unspecified atom stereocenters.